The molecule has 1 atom stereocenters. The maximum atomic E-state index is 12.7. The number of carbonyl (C=O) groups excluding carboxylic acids is 2. The number of aromatic nitrogens is 1. The molecule has 0 aliphatic carbocycles. The van der Waals surface area contributed by atoms with Gasteiger partial charge >= 0.3 is 11.8 Å². The second-order valence-corrected chi connectivity index (χ2v) is 7.37. The van der Waals surface area contributed by atoms with Gasteiger partial charge in [0, 0.05) is 42.9 Å². The summed E-state index contributed by atoms with van der Waals surface area (Å²) in [6.45, 7) is 2.22. The number of carbonyl (C=O) groups is 2. The Labute approximate surface area is 162 Å². The van der Waals surface area contributed by atoms with E-state index in [0.717, 1.165) is 12.8 Å². The van der Waals surface area contributed by atoms with Crippen molar-refractivity contribution in [2.75, 3.05) is 38.2 Å². The van der Waals surface area contributed by atoms with Gasteiger partial charge in [-0.3, -0.25) is 14.4 Å². The fraction of sp³-hybridized carbons (Fsp3) is 0.450. The lowest BCUT2D eigenvalue weighted by Gasteiger charge is -2.44. The summed E-state index contributed by atoms with van der Waals surface area (Å²) in [6.07, 6.45) is 3.32. The average Bonchev–Trinajstić information content (AvgIpc) is 2.71. The first kappa shape index (κ1) is 18.6. The van der Waals surface area contributed by atoms with Crippen LogP contribution >= 0.6 is 0 Å². The maximum absolute atomic E-state index is 12.7. The highest BCUT2D eigenvalue weighted by Crippen LogP contribution is 2.28. The van der Waals surface area contributed by atoms with Gasteiger partial charge in [-0.25, -0.2) is 0 Å². The Kier molecular flexibility index (Phi) is 4.91. The molecule has 148 valence electrons. The number of rotatable bonds is 1. The van der Waals surface area contributed by atoms with Crippen LogP contribution in [0.4, 0.5) is 5.69 Å². The molecule has 1 N–H and O–H groups in total. The molecule has 8 nitrogen and oxygen atoms in total. The summed E-state index contributed by atoms with van der Waals surface area (Å²) in [5, 5.41) is 3.76. The van der Waals surface area contributed by atoms with Gasteiger partial charge in [0.25, 0.3) is 5.56 Å². The minimum absolute atomic E-state index is 0.160. The van der Waals surface area contributed by atoms with Crippen LogP contribution in [-0.2, 0) is 26.1 Å². The Morgan fingerprint density at radius 3 is 2.82 bits per heavy atom. The fourth-order valence-corrected chi connectivity index (χ4v) is 3.89. The molecule has 1 aromatic heterocycles. The average molecular weight is 385 g/mol. The fourth-order valence-electron chi connectivity index (χ4n) is 3.89. The lowest BCUT2D eigenvalue weighted by molar-refractivity contribution is -0.177. The topological polar surface area (TPSA) is 89.9 Å². The van der Waals surface area contributed by atoms with Gasteiger partial charge in [-0.15, -0.1) is 0 Å². The molecule has 28 heavy (non-hydrogen) atoms. The van der Waals surface area contributed by atoms with Crippen LogP contribution in [0.1, 0.15) is 12.8 Å². The Hall–Kier alpha value is -2.71. The van der Waals surface area contributed by atoms with Crippen LogP contribution in [0, 0.1) is 0 Å². The van der Waals surface area contributed by atoms with Crippen molar-refractivity contribution in [1.82, 2.24) is 9.47 Å². The van der Waals surface area contributed by atoms with Gasteiger partial charge in [-0.1, -0.05) is 6.07 Å². The predicted molar refractivity (Wildman–Crippen MR) is 103 cm³/mol. The number of nitrogens with zero attached hydrogens (tertiary/aromatic N) is 2. The summed E-state index contributed by atoms with van der Waals surface area (Å²) in [5.74, 6) is -1.32. The third kappa shape index (κ3) is 3.41. The Bertz CT molecular complexity index is 972. The summed E-state index contributed by atoms with van der Waals surface area (Å²) < 4.78 is 12.9. The molecular formula is C20H23N3O5. The molecule has 2 aromatic rings. The van der Waals surface area contributed by atoms with E-state index in [1.54, 1.807) is 37.5 Å². The van der Waals surface area contributed by atoms with Gasteiger partial charge in [0.05, 0.1) is 19.8 Å². The van der Waals surface area contributed by atoms with Crippen molar-refractivity contribution in [2.45, 2.75) is 18.4 Å². The number of aryl methyl sites for hydroxylation is 1. The molecule has 8 heteroatoms. The molecule has 2 saturated heterocycles. The molecule has 0 bridgehead atoms. The summed E-state index contributed by atoms with van der Waals surface area (Å²) >= 11 is 0. The number of pyridine rings is 1. The van der Waals surface area contributed by atoms with Crippen molar-refractivity contribution in [1.29, 1.82) is 0 Å². The smallest absolute Gasteiger partial charge is 0.313 e. The molecule has 2 aliphatic heterocycles. The van der Waals surface area contributed by atoms with Crippen LogP contribution in [0.5, 0.6) is 0 Å². The summed E-state index contributed by atoms with van der Waals surface area (Å²) in [6, 6.07) is 6.82. The molecule has 2 amide bonds. The van der Waals surface area contributed by atoms with E-state index in [0.29, 0.717) is 49.4 Å². The summed E-state index contributed by atoms with van der Waals surface area (Å²) in [7, 11) is 1.67. The Balaban J connectivity index is 1.52. The van der Waals surface area contributed by atoms with E-state index in [4.69, 9.17) is 9.47 Å². The summed E-state index contributed by atoms with van der Waals surface area (Å²) in [4.78, 5) is 39.2. The van der Waals surface area contributed by atoms with Gasteiger partial charge < -0.3 is 24.3 Å². The number of fused-ring (bicyclic) bond motifs is 1. The third-order valence-corrected chi connectivity index (χ3v) is 5.39. The lowest BCUT2D eigenvalue weighted by atomic mass is 9.94. The zero-order valence-electron chi connectivity index (χ0n) is 15.8. The number of benzene rings is 1. The Morgan fingerprint density at radius 2 is 2.04 bits per heavy atom. The molecule has 1 unspecified atom stereocenters. The second-order valence-electron chi connectivity index (χ2n) is 7.37. The van der Waals surface area contributed by atoms with Gasteiger partial charge in [-0.05, 0) is 31.0 Å². The second kappa shape index (κ2) is 7.37. The van der Waals surface area contributed by atoms with Crippen LogP contribution in [-0.4, -0.2) is 59.8 Å². The van der Waals surface area contributed by atoms with E-state index in [1.165, 1.54) is 9.47 Å². The van der Waals surface area contributed by atoms with Crippen molar-refractivity contribution in [3.63, 3.8) is 0 Å². The van der Waals surface area contributed by atoms with Gasteiger partial charge in [0.15, 0.2) is 0 Å². The number of hydrogen-bond acceptors (Lipinski definition) is 5. The van der Waals surface area contributed by atoms with Crippen LogP contribution in [0.15, 0.2) is 35.3 Å². The van der Waals surface area contributed by atoms with E-state index in [1.807, 2.05) is 0 Å². The third-order valence-electron chi connectivity index (χ3n) is 5.39. The molecule has 4 rings (SSSR count). The number of hydrogen-bond donors (Lipinski definition) is 1. The van der Waals surface area contributed by atoms with Crippen molar-refractivity contribution >= 4 is 28.3 Å². The highest BCUT2D eigenvalue weighted by molar-refractivity contribution is 6.40. The van der Waals surface area contributed by atoms with Crippen molar-refractivity contribution < 1.29 is 19.1 Å². The molecule has 1 aromatic carbocycles. The van der Waals surface area contributed by atoms with Gasteiger partial charge in [-0.2, -0.15) is 0 Å². The summed E-state index contributed by atoms with van der Waals surface area (Å²) in [5.41, 5.74) is -0.233. The quantitative estimate of drug-likeness (QED) is 0.737. The van der Waals surface area contributed by atoms with Crippen LogP contribution in [0.3, 0.4) is 0 Å². The molecule has 0 radical (unpaired) electrons. The number of nitrogens with one attached hydrogen (secondary N) is 1. The standard InChI is InChI=1S/C20H23N3O5/c1-22-8-6-14-15(18(22)25)4-2-5-16(14)21-17(24)19(26)23-9-11-28-20(12-23)7-3-10-27-13-20/h2,4-6,8H,3,7,9-13H2,1H3,(H,21,24). The van der Waals surface area contributed by atoms with E-state index in [9.17, 15) is 14.4 Å². The van der Waals surface area contributed by atoms with E-state index >= 15 is 0 Å². The highest BCUT2D eigenvalue weighted by atomic mass is 16.5. The van der Waals surface area contributed by atoms with Crippen LogP contribution < -0.4 is 10.9 Å². The SMILES string of the molecule is Cn1ccc2c(NC(=O)C(=O)N3CCOC4(CCCOC4)C3)cccc2c1=O. The van der Waals surface area contributed by atoms with E-state index < -0.39 is 17.4 Å². The van der Waals surface area contributed by atoms with Gasteiger partial charge in [0.1, 0.15) is 5.60 Å². The largest absolute Gasteiger partial charge is 0.378 e. The number of anilines is 1. The zero-order valence-corrected chi connectivity index (χ0v) is 15.8. The normalized spacial score (nSPS) is 22.4. The molecular weight excluding hydrogens is 362 g/mol. The van der Waals surface area contributed by atoms with Crippen molar-refractivity contribution in [2.24, 2.45) is 7.05 Å². The first-order chi connectivity index (χ1) is 13.5. The van der Waals surface area contributed by atoms with Crippen LogP contribution in [0.25, 0.3) is 10.8 Å². The van der Waals surface area contributed by atoms with Crippen LogP contribution in [0.2, 0.25) is 0 Å². The number of ether oxygens (including phenoxy) is 2. The zero-order chi connectivity index (χ0) is 19.7. The molecule has 1 spiro atoms. The van der Waals surface area contributed by atoms with Gasteiger partial charge in [0.2, 0.25) is 0 Å². The maximum Gasteiger partial charge on any atom is 0.313 e. The van der Waals surface area contributed by atoms with E-state index in [2.05, 4.69) is 5.32 Å². The number of morpholine rings is 1. The first-order valence-electron chi connectivity index (χ1n) is 9.39. The lowest BCUT2D eigenvalue weighted by Crippen LogP contribution is -2.58. The monoisotopic (exact) mass is 385 g/mol. The molecule has 2 aliphatic rings. The Morgan fingerprint density at radius 1 is 1.18 bits per heavy atom. The van der Waals surface area contributed by atoms with E-state index in [-0.39, 0.29) is 5.56 Å². The predicted octanol–water partition coefficient (Wildman–Crippen LogP) is 0.885. The van der Waals surface area contributed by atoms with Crippen molar-refractivity contribution in [3.8, 4) is 0 Å². The minimum atomic E-state index is -0.720. The number of amides is 2. The van der Waals surface area contributed by atoms with Crippen molar-refractivity contribution in [3.05, 3.63) is 40.8 Å². The highest BCUT2D eigenvalue weighted by Gasteiger charge is 2.41. The molecule has 3 heterocycles. The minimum Gasteiger partial charge on any atom is -0.378 e. The molecule has 2 fully saturated rings. The first-order valence-corrected chi connectivity index (χ1v) is 9.39. The molecule has 0 saturated carbocycles.